The number of sulfone groups is 1. The summed E-state index contributed by atoms with van der Waals surface area (Å²) >= 11 is 0. The molecule has 1 amide bonds. The smallest absolute Gasteiger partial charge is 0.305 e. The fraction of sp³-hybridized carbons (Fsp3) is 0.417. The molecule has 108 valence electrons. The van der Waals surface area contributed by atoms with E-state index in [0.29, 0.717) is 12.2 Å². The zero-order valence-electron chi connectivity index (χ0n) is 10.9. The molecule has 0 saturated heterocycles. The van der Waals surface area contributed by atoms with Gasteiger partial charge in [-0.1, -0.05) is 6.07 Å². The third-order valence-electron chi connectivity index (χ3n) is 3.19. The van der Waals surface area contributed by atoms with E-state index in [2.05, 4.69) is 0 Å². The molecule has 20 heavy (non-hydrogen) atoms. The third kappa shape index (κ3) is 2.79. The normalized spacial score (nSPS) is 14.8. The van der Waals surface area contributed by atoms with Crippen molar-refractivity contribution in [1.29, 1.82) is 0 Å². The number of amides is 1. The predicted octanol–water partition coefficient (Wildman–Crippen LogP) is 0.994. The topological polar surface area (TPSA) is 97.6 Å². The van der Waals surface area contributed by atoms with Crippen LogP contribution < -0.4 is 4.90 Å². The number of rotatable bonds is 3. The highest BCUT2D eigenvalue weighted by Gasteiger charge is 2.26. The maximum absolute atomic E-state index is 11.9. The number of nitro groups is 1. The number of carbonyl (C=O) groups excluding carboxylic acids is 1. The van der Waals surface area contributed by atoms with Crippen molar-refractivity contribution in [2.24, 2.45) is 0 Å². The first-order valence-electron chi connectivity index (χ1n) is 6.07. The molecule has 0 N–H and O–H groups in total. The van der Waals surface area contributed by atoms with E-state index < -0.39 is 20.6 Å². The highest BCUT2D eigenvalue weighted by atomic mass is 32.2. The van der Waals surface area contributed by atoms with Gasteiger partial charge in [0.1, 0.15) is 0 Å². The van der Waals surface area contributed by atoms with E-state index in [1.165, 1.54) is 24.0 Å². The number of hydrogen-bond donors (Lipinski definition) is 0. The van der Waals surface area contributed by atoms with Crippen LogP contribution in [-0.4, -0.2) is 31.7 Å². The van der Waals surface area contributed by atoms with Crippen LogP contribution in [0.1, 0.15) is 18.9 Å². The Labute approximate surface area is 116 Å². The van der Waals surface area contributed by atoms with Gasteiger partial charge in [0.15, 0.2) is 0 Å². The maximum atomic E-state index is 11.9. The van der Waals surface area contributed by atoms with Gasteiger partial charge in [0.05, 0.1) is 4.90 Å². The number of carbonyl (C=O) groups is 1. The van der Waals surface area contributed by atoms with Crippen LogP contribution in [0.4, 0.5) is 5.69 Å². The van der Waals surface area contributed by atoms with E-state index in [4.69, 9.17) is 0 Å². The summed E-state index contributed by atoms with van der Waals surface area (Å²) in [7, 11) is -3.98. The lowest BCUT2D eigenvalue weighted by atomic mass is 10.0. The van der Waals surface area contributed by atoms with Crippen molar-refractivity contribution in [2.45, 2.75) is 24.7 Å². The standard InChI is InChI=1S/C12H14N2O5S/c1-9(15)13-6-2-3-10-4-5-11(7-12(10)13)20(18,19)8-14(16)17/h4-5,7H,2-3,6,8H2,1H3. The molecule has 1 aliphatic rings. The fourth-order valence-corrected chi connectivity index (χ4v) is 3.28. The van der Waals surface area contributed by atoms with Gasteiger partial charge in [0, 0.05) is 24.1 Å². The van der Waals surface area contributed by atoms with Crippen molar-refractivity contribution in [3.8, 4) is 0 Å². The number of hydrogen-bond acceptors (Lipinski definition) is 5. The molecule has 0 aromatic heterocycles. The number of benzene rings is 1. The van der Waals surface area contributed by atoms with Gasteiger partial charge in [-0.2, -0.15) is 0 Å². The quantitative estimate of drug-likeness (QED) is 0.612. The zero-order valence-corrected chi connectivity index (χ0v) is 11.7. The fourth-order valence-electron chi connectivity index (χ4n) is 2.29. The molecule has 8 heteroatoms. The predicted molar refractivity (Wildman–Crippen MR) is 71.8 cm³/mol. The van der Waals surface area contributed by atoms with Crippen molar-refractivity contribution in [3.05, 3.63) is 33.9 Å². The first-order valence-corrected chi connectivity index (χ1v) is 7.72. The van der Waals surface area contributed by atoms with Gasteiger partial charge in [-0.3, -0.25) is 14.9 Å². The molecule has 0 saturated carbocycles. The molecule has 0 radical (unpaired) electrons. The molecule has 1 aromatic rings. The lowest BCUT2D eigenvalue weighted by Gasteiger charge is -2.28. The van der Waals surface area contributed by atoms with Crippen LogP contribution in [0.5, 0.6) is 0 Å². The molecule has 0 atom stereocenters. The van der Waals surface area contributed by atoms with E-state index >= 15 is 0 Å². The van der Waals surface area contributed by atoms with E-state index in [0.717, 1.165) is 18.4 Å². The third-order valence-corrected chi connectivity index (χ3v) is 4.71. The van der Waals surface area contributed by atoms with Crippen LogP contribution in [0.2, 0.25) is 0 Å². The summed E-state index contributed by atoms with van der Waals surface area (Å²) in [6, 6.07) is 4.34. The Balaban J connectivity index is 2.47. The van der Waals surface area contributed by atoms with Crippen LogP contribution >= 0.6 is 0 Å². The molecule has 1 aromatic carbocycles. The van der Waals surface area contributed by atoms with Crippen LogP contribution in [0.25, 0.3) is 0 Å². The summed E-state index contributed by atoms with van der Waals surface area (Å²) in [6.07, 6.45) is 1.57. The molecular weight excluding hydrogens is 284 g/mol. The lowest BCUT2D eigenvalue weighted by molar-refractivity contribution is -0.458. The molecule has 7 nitrogen and oxygen atoms in total. The van der Waals surface area contributed by atoms with E-state index in [-0.39, 0.29) is 10.8 Å². The minimum Gasteiger partial charge on any atom is -0.312 e. The van der Waals surface area contributed by atoms with Crippen molar-refractivity contribution >= 4 is 21.4 Å². The Hall–Kier alpha value is -1.96. The van der Waals surface area contributed by atoms with Gasteiger partial charge in [-0.05, 0) is 30.5 Å². The van der Waals surface area contributed by atoms with E-state index in [1.54, 1.807) is 6.07 Å². The van der Waals surface area contributed by atoms with Crippen molar-refractivity contribution in [2.75, 3.05) is 17.3 Å². The van der Waals surface area contributed by atoms with Gasteiger partial charge in [0.2, 0.25) is 15.7 Å². The molecule has 0 bridgehead atoms. The summed E-state index contributed by atoms with van der Waals surface area (Å²) in [6.45, 7) is 1.94. The Bertz CT molecular complexity index is 668. The van der Waals surface area contributed by atoms with Crippen LogP contribution in [0.3, 0.4) is 0 Å². The Kier molecular flexibility index (Phi) is 3.76. The average molecular weight is 298 g/mol. The molecule has 0 aliphatic carbocycles. The van der Waals surface area contributed by atoms with Crippen LogP contribution in [-0.2, 0) is 21.1 Å². The second kappa shape index (κ2) is 5.20. The SMILES string of the molecule is CC(=O)N1CCCc2ccc(S(=O)(=O)C[N+](=O)[O-])cc21. The minimum atomic E-state index is -3.98. The minimum absolute atomic E-state index is 0.124. The molecule has 0 spiro atoms. The van der Waals surface area contributed by atoms with E-state index in [9.17, 15) is 23.3 Å². The summed E-state index contributed by atoms with van der Waals surface area (Å²) in [5, 5.41) is 10.4. The number of nitrogens with zero attached hydrogens (tertiary/aromatic N) is 2. The highest BCUT2D eigenvalue weighted by molar-refractivity contribution is 7.91. The van der Waals surface area contributed by atoms with E-state index in [1.807, 2.05) is 0 Å². The van der Waals surface area contributed by atoms with Crippen molar-refractivity contribution in [3.63, 3.8) is 0 Å². The van der Waals surface area contributed by atoms with Crippen molar-refractivity contribution in [1.82, 2.24) is 0 Å². The van der Waals surface area contributed by atoms with Crippen LogP contribution in [0, 0.1) is 10.1 Å². The molecule has 0 unspecified atom stereocenters. The maximum Gasteiger partial charge on any atom is 0.305 e. The van der Waals surface area contributed by atoms with Gasteiger partial charge < -0.3 is 4.90 Å². The summed E-state index contributed by atoms with van der Waals surface area (Å²) in [5.74, 6) is -1.32. The van der Waals surface area contributed by atoms with Gasteiger partial charge >= 0.3 is 5.88 Å². The summed E-state index contributed by atoms with van der Waals surface area (Å²) in [5.41, 5.74) is 1.42. The van der Waals surface area contributed by atoms with Gasteiger partial charge in [0.25, 0.3) is 0 Å². The molecular formula is C12H14N2O5S. The Morgan fingerprint density at radius 2 is 2.15 bits per heavy atom. The van der Waals surface area contributed by atoms with Gasteiger partial charge in [-0.15, -0.1) is 0 Å². The second-order valence-corrected chi connectivity index (χ2v) is 6.60. The monoisotopic (exact) mass is 298 g/mol. The summed E-state index contributed by atoms with van der Waals surface area (Å²) < 4.78 is 23.7. The first kappa shape index (κ1) is 14.4. The number of anilines is 1. The number of aryl methyl sites for hydroxylation is 1. The lowest BCUT2D eigenvalue weighted by Crippen LogP contribution is -2.33. The average Bonchev–Trinajstić information content (AvgIpc) is 2.35. The molecule has 1 aliphatic heterocycles. The van der Waals surface area contributed by atoms with Crippen molar-refractivity contribution < 1.29 is 18.1 Å². The van der Waals surface area contributed by atoms with Gasteiger partial charge in [-0.25, -0.2) is 8.42 Å². The Morgan fingerprint density at radius 1 is 1.45 bits per heavy atom. The molecule has 0 fully saturated rings. The Morgan fingerprint density at radius 3 is 2.75 bits per heavy atom. The number of fused-ring (bicyclic) bond motifs is 1. The first-order chi connectivity index (χ1) is 9.31. The molecule has 2 rings (SSSR count). The zero-order chi connectivity index (χ0) is 14.9. The highest BCUT2D eigenvalue weighted by Crippen LogP contribution is 2.30. The summed E-state index contributed by atoms with van der Waals surface area (Å²) in [4.78, 5) is 22.5. The van der Waals surface area contributed by atoms with Crippen LogP contribution in [0.15, 0.2) is 23.1 Å². The molecule has 1 heterocycles. The largest absolute Gasteiger partial charge is 0.312 e. The second-order valence-electron chi connectivity index (χ2n) is 4.64.